The molecule has 37 heavy (non-hydrogen) atoms. The summed E-state index contributed by atoms with van der Waals surface area (Å²) >= 11 is 1.61. The second-order valence-corrected chi connectivity index (χ2v) is 11.6. The van der Waals surface area contributed by atoms with Crippen molar-refractivity contribution in [2.24, 2.45) is 5.92 Å². The number of hydrogen-bond acceptors (Lipinski definition) is 11. The Balaban J connectivity index is 1.25. The second kappa shape index (κ2) is 7.94. The van der Waals surface area contributed by atoms with Gasteiger partial charge >= 0.3 is 0 Å². The van der Waals surface area contributed by atoms with Crippen LogP contribution in [-0.2, 0) is 16.0 Å². The molecule has 1 unspecified atom stereocenters. The van der Waals surface area contributed by atoms with Gasteiger partial charge in [-0.25, -0.2) is 9.97 Å². The number of ether oxygens (including phenoxy) is 2. The molecule has 1 saturated heterocycles. The lowest BCUT2D eigenvalue weighted by Gasteiger charge is -2.26. The highest BCUT2D eigenvalue weighted by Crippen LogP contribution is 2.65. The van der Waals surface area contributed by atoms with Gasteiger partial charge < -0.3 is 29.7 Å². The minimum atomic E-state index is -0.749. The fourth-order valence-electron chi connectivity index (χ4n) is 5.94. The maximum absolute atomic E-state index is 10.6. The number of rotatable bonds is 6. The molecule has 1 aliphatic heterocycles. The molecule has 2 aliphatic carbocycles. The van der Waals surface area contributed by atoms with Crippen LogP contribution in [0.15, 0.2) is 34.9 Å². The van der Waals surface area contributed by atoms with Gasteiger partial charge in [0.1, 0.15) is 34.0 Å². The van der Waals surface area contributed by atoms with Gasteiger partial charge in [0.25, 0.3) is 0 Å². The summed E-state index contributed by atoms with van der Waals surface area (Å²) in [6.45, 7) is 8.06. The number of fused-ring (bicyclic) bond motifs is 1. The van der Waals surface area contributed by atoms with Gasteiger partial charge in [0.15, 0.2) is 5.79 Å². The van der Waals surface area contributed by atoms with E-state index in [0.29, 0.717) is 18.3 Å². The van der Waals surface area contributed by atoms with Crippen molar-refractivity contribution in [2.75, 3.05) is 10.6 Å². The van der Waals surface area contributed by atoms with Crippen molar-refractivity contribution >= 4 is 33.3 Å². The van der Waals surface area contributed by atoms with Crippen LogP contribution in [0.4, 0.5) is 11.8 Å². The highest BCUT2D eigenvalue weighted by atomic mass is 32.1. The molecule has 11 heteroatoms. The maximum Gasteiger partial charge on any atom is 0.225 e. The SMILES string of the molecule is Cc1cc(CNc2nc(C)c(-c3nc4ccccc4s3)c(N[C@@H]3C[C@@H]4C(O)[C@@]45OC(C)(C)O[C@@H]35)n2)no1. The van der Waals surface area contributed by atoms with E-state index in [1.165, 1.54) is 0 Å². The van der Waals surface area contributed by atoms with Crippen molar-refractivity contribution in [1.29, 1.82) is 0 Å². The lowest BCUT2D eigenvalue weighted by atomic mass is 10.1. The first-order valence-electron chi connectivity index (χ1n) is 12.5. The Bertz CT molecular complexity index is 1490. The molecule has 7 rings (SSSR count). The maximum atomic E-state index is 10.6. The van der Waals surface area contributed by atoms with Crippen LogP contribution in [0.1, 0.15) is 37.4 Å². The number of aliphatic hydroxyl groups is 1. The second-order valence-electron chi connectivity index (χ2n) is 10.6. The van der Waals surface area contributed by atoms with Gasteiger partial charge in [-0.05, 0) is 46.2 Å². The summed E-state index contributed by atoms with van der Waals surface area (Å²) in [6.07, 6.45) is -0.0579. The molecule has 1 spiro atoms. The molecule has 3 aromatic heterocycles. The van der Waals surface area contributed by atoms with Crippen LogP contribution in [0, 0.1) is 19.8 Å². The predicted octanol–water partition coefficient (Wildman–Crippen LogP) is 4.04. The lowest BCUT2D eigenvalue weighted by Crippen LogP contribution is -2.40. The molecule has 1 aromatic carbocycles. The minimum Gasteiger partial charge on any atom is -0.390 e. The van der Waals surface area contributed by atoms with Gasteiger partial charge in [0, 0.05) is 12.0 Å². The Hall–Kier alpha value is -3.12. The Morgan fingerprint density at radius 1 is 1.16 bits per heavy atom. The van der Waals surface area contributed by atoms with E-state index in [2.05, 4.69) is 21.9 Å². The van der Waals surface area contributed by atoms with Crippen LogP contribution in [0.25, 0.3) is 20.8 Å². The van der Waals surface area contributed by atoms with Crippen molar-refractivity contribution in [2.45, 2.75) is 70.3 Å². The van der Waals surface area contributed by atoms with Crippen LogP contribution in [0.2, 0.25) is 0 Å². The summed E-state index contributed by atoms with van der Waals surface area (Å²) in [5.74, 6) is 1.20. The zero-order valence-electron chi connectivity index (χ0n) is 21.0. The van der Waals surface area contributed by atoms with Crippen molar-refractivity contribution in [3.63, 3.8) is 0 Å². The highest BCUT2D eigenvalue weighted by Gasteiger charge is 2.81. The minimum absolute atomic E-state index is 0.0404. The summed E-state index contributed by atoms with van der Waals surface area (Å²) in [6, 6.07) is 9.88. The molecule has 2 saturated carbocycles. The first-order chi connectivity index (χ1) is 17.7. The third-order valence-corrected chi connectivity index (χ3v) is 8.54. The molecule has 0 radical (unpaired) electrons. The van der Waals surface area contributed by atoms with E-state index < -0.39 is 17.5 Å². The van der Waals surface area contributed by atoms with Crippen LogP contribution in [0.5, 0.6) is 0 Å². The summed E-state index contributed by atoms with van der Waals surface area (Å²) in [5.41, 5.74) is 2.73. The fraction of sp³-hybridized carbons (Fsp3) is 0.462. The number of aliphatic hydroxyl groups excluding tert-OH is 1. The molecular weight excluding hydrogens is 492 g/mol. The monoisotopic (exact) mass is 520 g/mol. The van der Waals surface area contributed by atoms with E-state index in [-0.39, 0.29) is 18.1 Å². The third kappa shape index (κ3) is 3.63. The van der Waals surface area contributed by atoms with E-state index in [4.69, 9.17) is 28.9 Å². The lowest BCUT2D eigenvalue weighted by molar-refractivity contribution is -0.157. The molecule has 4 aromatic rings. The third-order valence-electron chi connectivity index (χ3n) is 7.49. The van der Waals surface area contributed by atoms with Gasteiger partial charge in [-0.2, -0.15) is 4.98 Å². The first kappa shape index (κ1) is 23.0. The number of benzene rings is 1. The topological polar surface area (TPSA) is 127 Å². The van der Waals surface area contributed by atoms with Gasteiger partial charge in [-0.1, -0.05) is 17.3 Å². The van der Waals surface area contributed by atoms with E-state index in [1.54, 1.807) is 11.3 Å². The summed E-state index contributed by atoms with van der Waals surface area (Å²) in [4.78, 5) is 14.5. The highest BCUT2D eigenvalue weighted by molar-refractivity contribution is 7.21. The van der Waals surface area contributed by atoms with Crippen LogP contribution in [0.3, 0.4) is 0 Å². The molecule has 192 valence electrons. The molecule has 10 nitrogen and oxygen atoms in total. The van der Waals surface area contributed by atoms with Gasteiger partial charge in [0.05, 0.1) is 40.2 Å². The van der Waals surface area contributed by atoms with E-state index in [9.17, 15) is 5.11 Å². The average molecular weight is 521 g/mol. The van der Waals surface area contributed by atoms with Crippen molar-refractivity contribution in [3.05, 3.63) is 47.5 Å². The number of nitrogens with one attached hydrogen (secondary N) is 2. The Kier molecular flexibility index (Phi) is 4.94. The summed E-state index contributed by atoms with van der Waals surface area (Å²) in [7, 11) is 0. The van der Waals surface area contributed by atoms with Crippen molar-refractivity contribution < 1.29 is 19.1 Å². The molecule has 3 fully saturated rings. The number of hydrogen-bond donors (Lipinski definition) is 3. The first-order valence-corrected chi connectivity index (χ1v) is 13.3. The van der Waals surface area contributed by atoms with Gasteiger partial charge in [-0.15, -0.1) is 11.3 Å². The number of nitrogens with zero attached hydrogens (tertiary/aromatic N) is 4. The van der Waals surface area contributed by atoms with E-state index >= 15 is 0 Å². The zero-order chi connectivity index (χ0) is 25.5. The van der Waals surface area contributed by atoms with E-state index in [1.807, 2.05) is 52.0 Å². The largest absolute Gasteiger partial charge is 0.390 e. The Labute approximate surface area is 217 Å². The molecule has 3 aliphatic rings. The molecular formula is C26H28N6O4S. The fourth-order valence-corrected chi connectivity index (χ4v) is 7.00. The number of aryl methyl sites for hydroxylation is 2. The number of anilines is 2. The Morgan fingerprint density at radius 2 is 2.00 bits per heavy atom. The zero-order valence-corrected chi connectivity index (χ0v) is 21.8. The van der Waals surface area contributed by atoms with Gasteiger partial charge in [0.2, 0.25) is 5.95 Å². The summed E-state index contributed by atoms with van der Waals surface area (Å²) < 4.78 is 18.8. The normalized spacial score (nSPS) is 29.3. The van der Waals surface area contributed by atoms with E-state index in [0.717, 1.165) is 44.4 Å². The predicted molar refractivity (Wildman–Crippen MR) is 138 cm³/mol. The van der Waals surface area contributed by atoms with Crippen LogP contribution >= 0.6 is 11.3 Å². The molecule has 0 bridgehead atoms. The standard InChI is InChI=1S/C26H28N6O4S/c1-12-9-14(32-35-12)11-27-24-28-13(2)19(23-30-16-7-5-6-8-18(16)37-23)22(31-24)29-17-10-15-20(33)26(15)21(17)34-25(3,4)36-26/h5-9,15,17,20-21,33H,10-11H2,1-4H3,(H2,27,28,29,31)/t15-,17-,20?,21+,26+/m1/s1. The van der Waals surface area contributed by atoms with Gasteiger partial charge in [-0.3, -0.25) is 0 Å². The average Bonchev–Trinajstić information content (AvgIpc) is 3.37. The quantitative estimate of drug-likeness (QED) is 0.343. The smallest absolute Gasteiger partial charge is 0.225 e. The Morgan fingerprint density at radius 3 is 2.78 bits per heavy atom. The summed E-state index contributed by atoms with van der Waals surface area (Å²) in [5, 5.41) is 22.4. The van der Waals surface area contributed by atoms with Crippen LogP contribution in [-0.4, -0.2) is 54.9 Å². The van der Waals surface area contributed by atoms with Crippen molar-refractivity contribution in [3.8, 4) is 10.6 Å². The number of aromatic nitrogens is 4. The molecule has 0 amide bonds. The van der Waals surface area contributed by atoms with Crippen LogP contribution < -0.4 is 10.6 Å². The number of para-hydroxylation sites is 1. The molecule has 4 heterocycles. The van der Waals surface area contributed by atoms with Crippen molar-refractivity contribution in [1.82, 2.24) is 20.1 Å². The molecule has 5 atom stereocenters. The number of thiazole rings is 1. The molecule has 3 N–H and O–H groups in total.